The Labute approximate surface area is 160 Å². The van der Waals surface area contributed by atoms with Crippen LogP contribution in [-0.4, -0.2) is 17.4 Å². The summed E-state index contributed by atoms with van der Waals surface area (Å²) in [4.78, 5) is 16.6. The topological polar surface area (TPSA) is 54.0 Å². The van der Waals surface area contributed by atoms with Crippen molar-refractivity contribution in [3.05, 3.63) is 95.3 Å². The van der Waals surface area contributed by atoms with Gasteiger partial charge in [-0.05, 0) is 48.6 Å². The molecule has 0 saturated carbocycles. The molecule has 3 aromatic rings. The fourth-order valence-corrected chi connectivity index (χ4v) is 2.91. The number of pyridine rings is 1. The van der Waals surface area contributed by atoms with E-state index in [1.807, 2.05) is 43.3 Å². The molecule has 0 atom stereocenters. The number of aromatic nitrogens is 1. The highest BCUT2D eigenvalue weighted by atomic mass is 16.1. The standard InChI is InChI=1S/C23H25N3O/c1-18-8-5-6-12-20(18)17-26-23(27)22-16-21(13-15-25-22)24-14-7-11-19-9-3-2-4-10-19/h2-6,8-10,12-13,15-16H,7,11,14,17H2,1H3,(H,24,25)(H,26,27). The van der Waals surface area contributed by atoms with Crippen molar-refractivity contribution in [2.24, 2.45) is 0 Å². The fraction of sp³-hybridized carbons (Fsp3) is 0.217. The highest BCUT2D eigenvalue weighted by Crippen LogP contribution is 2.10. The zero-order valence-corrected chi connectivity index (χ0v) is 15.6. The van der Waals surface area contributed by atoms with Crippen molar-refractivity contribution in [3.63, 3.8) is 0 Å². The Kier molecular flexibility index (Phi) is 6.58. The molecule has 0 aliphatic heterocycles. The Balaban J connectivity index is 1.49. The molecule has 4 heteroatoms. The molecule has 0 radical (unpaired) electrons. The summed E-state index contributed by atoms with van der Waals surface area (Å²) in [7, 11) is 0. The first-order chi connectivity index (χ1) is 13.2. The first-order valence-electron chi connectivity index (χ1n) is 9.29. The van der Waals surface area contributed by atoms with E-state index in [1.165, 1.54) is 11.1 Å². The summed E-state index contributed by atoms with van der Waals surface area (Å²) in [6.07, 6.45) is 3.73. The van der Waals surface area contributed by atoms with Crippen molar-refractivity contribution < 1.29 is 4.79 Å². The van der Waals surface area contributed by atoms with Crippen LogP contribution in [0.2, 0.25) is 0 Å². The molecule has 0 unspecified atom stereocenters. The van der Waals surface area contributed by atoms with Crippen molar-refractivity contribution in [1.82, 2.24) is 10.3 Å². The normalized spacial score (nSPS) is 10.4. The number of amides is 1. The molecule has 1 aromatic heterocycles. The first kappa shape index (κ1) is 18.6. The molecule has 1 amide bonds. The molecule has 0 aliphatic rings. The quantitative estimate of drug-likeness (QED) is 0.588. The van der Waals surface area contributed by atoms with E-state index in [0.29, 0.717) is 12.2 Å². The van der Waals surface area contributed by atoms with Crippen LogP contribution in [0.3, 0.4) is 0 Å². The summed E-state index contributed by atoms with van der Waals surface area (Å²) in [5, 5.41) is 6.32. The number of anilines is 1. The molecule has 3 rings (SSSR count). The Morgan fingerprint density at radius 1 is 1.00 bits per heavy atom. The van der Waals surface area contributed by atoms with E-state index in [2.05, 4.69) is 39.9 Å². The lowest BCUT2D eigenvalue weighted by atomic mass is 10.1. The maximum absolute atomic E-state index is 12.4. The van der Waals surface area contributed by atoms with Crippen LogP contribution in [0.5, 0.6) is 0 Å². The number of nitrogens with one attached hydrogen (secondary N) is 2. The number of aryl methyl sites for hydroxylation is 2. The van der Waals surface area contributed by atoms with E-state index in [0.717, 1.165) is 30.6 Å². The van der Waals surface area contributed by atoms with Crippen LogP contribution in [-0.2, 0) is 13.0 Å². The van der Waals surface area contributed by atoms with Gasteiger partial charge >= 0.3 is 0 Å². The van der Waals surface area contributed by atoms with Gasteiger partial charge in [0.15, 0.2) is 0 Å². The zero-order chi connectivity index (χ0) is 18.9. The number of nitrogens with zero attached hydrogens (tertiary/aromatic N) is 1. The van der Waals surface area contributed by atoms with Gasteiger partial charge in [0.25, 0.3) is 5.91 Å². The van der Waals surface area contributed by atoms with Gasteiger partial charge in [0.2, 0.25) is 0 Å². The minimum absolute atomic E-state index is 0.161. The van der Waals surface area contributed by atoms with Crippen molar-refractivity contribution in [1.29, 1.82) is 0 Å². The summed E-state index contributed by atoms with van der Waals surface area (Å²) >= 11 is 0. The van der Waals surface area contributed by atoms with Gasteiger partial charge in [-0.15, -0.1) is 0 Å². The van der Waals surface area contributed by atoms with Crippen LogP contribution in [0.4, 0.5) is 5.69 Å². The van der Waals surface area contributed by atoms with E-state index in [4.69, 9.17) is 0 Å². The molecule has 0 spiro atoms. The van der Waals surface area contributed by atoms with E-state index in [-0.39, 0.29) is 5.91 Å². The molecule has 0 fully saturated rings. The Hall–Kier alpha value is -3.14. The van der Waals surface area contributed by atoms with E-state index in [1.54, 1.807) is 12.3 Å². The molecule has 27 heavy (non-hydrogen) atoms. The van der Waals surface area contributed by atoms with Crippen LogP contribution in [0.25, 0.3) is 0 Å². The molecular weight excluding hydrogens is 334 g/mol. The molecule has 1 heterocycles. The Bertz CT molecular complexity index is 878. The molecular formula is C23H25N3O. The number of carbonyl (C=O) groups is 1. The number of rotatable bonds is 8. The third-order valence-electron chi connectivity index (χ3n) is 4.51. The minimum Gasteiger partial charge on any atom is -0.385 e. The molecule has 2 N–H and O–H groups in total. The Morgan fingerprint density at radius 3 is 2.59 bits per heavy atom. The van der Waals surface area contributed by atoms with Crippen molar-refractivity contribution in [2.75, 3.05) is 11.9 Å². The number of hydrogen-bond acceptors (Lipinski definition) is 3. The molecule has 2 aromatic carbocycles. The smallest absolute Gasteiger partial charge is 0.270 e. The maximum Gasteiger partial charge on any atom is 0.270 e. The van der Waals surface area contributed by atoms with Crippen molar-refractivity contribution in [3.8, 4) is 0 Å². The van der Waals surface area contributed by atoms with Gasteiger partial charge in [-0.3, -0.25) is 9.78 Å². The lowest BCUT2D eigenvalue weighted by Gasteiger charge is -2.10. The van der Waals surface area contributed by atoms with Gasteiger partial charge in [0.1, 0.15) is 5.69 Å². The second kappa shape index (κ2) is 9.53. The zero-order valence-electron chi connectivity index (χ0n) is 15.6. The highest BCUT2D eigenvalue weighted by molar-refractivity contribution is 5.93. The summed E-state index contributed by atoms with van der Waals surface area (Å²) in [6.45, 7) is 3.39. The van der Waals surface area contributed by atoms with E-state index >= 15 is 0 Å². The fourth-order valence-electron chi connectivity index (χ4n) is 2.91. The largest absolute Gasteiger partial charge is 0.385 e. The predicted molar refractivity (Wildman–Crippen MR) is 110 cm³/mol. The van der Waals surface area contributed by atoms with Gasteiger partial charge in [0.05, 0.1) is 0 Å². The predicted octanol–water partition coefficient (Wildman–Crippen LogP) is 4.36. The minimum atomic E-state index is -0.161. The lowest BCUT2D eigenvalue weighted by molar-refractivity contribution is 0.0946. The van der Waals surface area contributed by atoms with E-state index in [9.17, 15) is 4.79 Å². The molecule has 138 valence electrons. The molecule has 0 bridgehead atoms. The third-order valence-corrected chi connectivity index (χ3v) is 4.51. The number of hydrogen-bond donors (Lipinski definition) is 2. The van der Waals surface area contributed by atoms with Crippen LogP contribution >= 0.6 is 0 Å². The summed E-state index contributed by atoms with van der Waals surface area (Å²) < 4.78 is 0. The number of benzene rings is 2. The second-order valence-electron chi connectivity index (χ2n) is 6.55. The Morgan fingerprint density at radius 2 is 1.78 bits per heavy atom. The van der Waals surface area contributed by atoms with Crippen molar-refractivity contribution in [2.45, 2.75) is 26.3 Å². The van der Waals surface area contributed by atoms with Gasteiger partial charge in [0, 0.05) is 25.0 Å². The highest BCUT2D eigenvalue weighted by Gasteiger charge is 2.08. The maximum atomic E-state index is 12.4. The average Bonchev–Trinajstić information content (AvgIpc) is 2.71. The van der Waals surface area contributed by atoms with Gasteiger partial charge < -0.3 is 10.6 Å². The van der Waals surface area contributed by atoms with Gasteiger partial charge in [-0.2, -0.15) is 0 Å². The molecule has 0 saturated heterocycles. The molecule has 0 aliphatic carbocycles. The second-order valence-corrected chi connectivity index (χ2v) is 6.55. The van der Waals surface area contributed by atoms with Gasteiger partial charge in [-0.1, -0.05) is 54.6 Å². The summed E-state index contributed by atoms with van der Waals surface area (Å²) in [5.41, 5.74) is 4.96. The first-order valence-corrected chi connectivity index (χ1v) is 9.29. The van der Waals surface area contributed by atoms with Crippen LogP contribution in [0.15, 0.2) is 72.9 Å². The summed E-state index contributed by atoms with van der Waals surface area (Å²) in [5.74, 6) is -0.161. The number of carbonyl (C=O) groups excluding carboxylic acids is 1. The molecule has 4 nitrogen and oxygen atoms in total. The summed E-state index contributed by atoms with van der Waals surface area (Å²) in [6, 6.07) is 22.2. The van der Waals surface area contributed by atoms with E-state index < -0.39 is 0 Å². The lowest BCUT2D eigenvalue weighted by Crippen LogP contribution is -2.24. The monoisotopic (exact) mass is 359 g/mol. The van der Waals surface area contributed by atoms with Crippen LogP contribution in [0, 0.1) is 6.92 Å². The van der Waals surface area contributed by atoms with Gasteiger partial charge in [-0.25, -0.2) is 0 Å². The third kappa shape index (κ3) is 5.68. The van der Waals surface area contributed by atoms with Crippen molar-refractivity contribution >= 4 is 11.6 Å². The van der Waals surface area contributed by atoms with Crippen LogP contribution < -0.4 is 10.6 Å². The SMILES string of the molecule is Cc1ccccc1CNC(=O)c1cc(NCCCc2ccccc2)ccn1. The average molecular weight is 359 g/mol. The van der Waals surface area contributed by atoms with Crippen LogP contribution in [0.1, 0.15) is 33.6 Å².